The summed E-state index contributed by atoms with van der Waals surface area (Å²) in [5.41, 5.74) is 0.0948. The first kappa shape index (κ1) is 12.8. The molecule has 1 amide bonds. The van der Waals surface area contributed by atoms with Crippen molar-refractivity contribution in [2.45, 2.75) is 12.8 Å². The maximum Gasteiger partial charge on any atom is 0.270 e. The van der Waals surface area contributed by atoms with Crippen LogP contribution < -0.4 is 5.56 Å². The lowest BCUT2D eigenvalue weighted by Crippen LogP contribution is -2.35. The number of carbonyl (C=O) groups is 1. The Morgan fingerprint density at radius 3 is 2.83 bits per heavy atom. The molecule has 1 N–H and O–H groups in total. The zero-order valence-electron chi connectivity index (χ0n) is 10.5. The molecule has 0 saturated carbocycles. The van der Waals surface area contributed by atoms with E-state index in [2.05, 4.69) is 4.98 Å². The van der Waals surface area contributed by atoms with E-state index in [1.165, 1.54) is 6.07 Å². The SMILES string of the molecule is CN(CC1CCOCC1)C(=O)c1cccc(=O)[nH]1. The van der Waals surface area contributed by atoms with E-state index in [4.69, 9.17) is 4.74 Å². The Morgan fingerprint density at radius 2 is 2.17 bits per heavy atom. The Balaban J connectivity index is 1.97. The molecule has 0 unspecified atom stereocenters. The average molecular weight is 250 g/mol. The molecule has 1 aromatic heterocycles. The predicted octanol–water partition coefficient (Wildman–Crippen LogP) is 0.874. The molecule has 1 aromatic rings. The van der Waals surface area contributed by atoms with Gasteiger partial charge in [0.25, 0.3) is 5.91 Å². The zero-order valence-corrected chi connectivity index (χ0v) is 10.5. The van der Waals surface area contributed by atoms with Gasteiger partial charge in [0.15, 0.2) is 0 Å². The molecule has 2 rings (SSSR count). The van der Waals surface area contributed by atoms with Gasteiger partial charge in [0, 0.05) is 32.9 Å². The van der Waals surface area contributed by atoms with E-state index < -0.39 is 0 Å². The van der Waals surface area contributed by atoms with Crippen LogP contribution in [0.3, 0.4) is 0 Å². The molecule has 0 bridgehead atoms. The number of carbonyl (C=O) groups excluding carboxylic acids is 1. The Labute approximate surface area is 106 Å². The van der Waals surface area contributed by atoms with Crippen LogP contribution in [0, 0.1) is 5.92 Å². The smallest absolute Gasteiger partial charge is 0.270 e. The number of nitrogens with zero attached hydrogens (tertiary/aromatic N) is 1. The number of amides is 1. The topological polar surface area (TPSA) is 62.4 Å². The minimum absolute atomic E-state index is 0.140. The number of pyridine rings is 1. The fourth-order valence-corrected chi connectivity index (χ4v) is 2.18. The predicted molar refractivity (Wildman–Crippen MR) is 67.6 cm³/mol. The highest BCUT2D eigenvalue weighted by atomic mass is 16.5. The highest BCUT2D eigenvalue weighted by Gasteiger charge is 2.19. The van der Waals surface area contributed by atoms with Gasteiger partial charge in [-0.25, -0.2) is 0 Å². The second-order valence-corrected chi connectivity index (χ2v) is 4.67. The third-order valence-electron chi connectivity index (χ3n) is 3.22. The van der Waals surface area contributed by atoms with E-state index >= 15 is 0 Å². The third-order valence-corrected chi connectivity index (χ3v) is 3.22. The number of hydrogen-bond acceptors (Lipinski definition) is 3. The summed E-state index contributed by atoms with van der Waals surface area (Å²) in [4.78, 5) is 27.5. The molecule has 98 valence electrons. The Morgan fingerprint density at radius 1 is 1.44 bits per heavy atom. The fraction of sp³-hybridized carbons (Fsp3) is 0.538. The Kier molecular flexibility index (Phi) is 4.15. The van der Waals surface area contributed by atoms with Crippen LogP contribution in [0.5, 0.6) is 0 Å². The summed E-state index contributed by atoms with van der Waals surface area (Å²) in [7, 11) is 1.77. The molecule has 0 aliphatic carbocycles. The molecule has 5 nitrogen and oxygen atoms in total. The van der Waals surface area contributed by atoms with E-state index in [1.807, 2.05) is 0 Å². The van der Waals surface area contributed by atoms with Gasteiger partial charge in [-0.3, -0.25) is 9.59 Å². The molecule has 0 radical (unpaired) electrons. The summed E-state index contributed by atoms with van der Waals surface area (Å²) >= 11 is 0. The van der Waals surface area contributed by atoms with Crippen LogP contribution in [0.25, 0.3) is 0 Å². The van der Waals surface area contributed by atoms with Crippen molar-refractivity contribution in [3.05, 3.63) is 34.2 Å². The van der Waals surface area contributed by atoms with Crippen LogP contribution in [0.2, 0.25) is 0 Å². The van der Waals surface area contributed by atoms with Gasteiger partial charge in [0.05, 0.1) is 0 Å². The van der Waals surface area contributed by atoms with E-state index in [1.54, 1.807) is 24.1 Å². The monoisotopic (exact) mass is 250 g/mol. The Bertz CT molecular complexity index is 463. The van der Waals surface area contributed by atoms with Crippen molar-refractivity contribution >= 4 is 5.91 Å². The number of aromatic amines is 1. The average Bonchev–Trinajstić information content (AvgIpc) is 2.39. The van der Waals surface area contributed by atoms with Gasteiger partial charge in [-0.05, 0) is 24.8 Å². The van der Waals surface area contributed by atoms with Crippen molar-refractivity contribution in [2.75, 3.05) is 26.8 Å². The lowest BCUT2D eigenvalue weighted by molar-refractivity contribution is 0.0495. The lowest BCUT2D eigenvalue weighted by Gasteiger charge is -2.27. The molecule has 0 atom stereocenters. The quantitative estimate of drug-likeness (QED) is 0.866. The van der Waals surface area contributed by atoms with Crippen molar-refractivity contribution in [1.29, 1.82) is 0 Å². The second-order valence-electron chi connectivity index (χ2n) is 4.67. The van der Waals surface area contributed by atoms with Crippen LogP contribution in [0.4, 0.5) is 0 Å². The van der Waals surface area contributed by atoms with Crippen molar-refractivity contribution in [2.24, 2.45) is 5.92 Å². The van der Waals surface area contributed by atoms with Crippen LogP contribution >= 0.6 is 0 Å². The molecule has 18 heavy (non-hydrogen) atoms. The first-order chi connectivity index (χ1) is 8.66. The van der Waals surface area contributed by atoms with Crippen LogP contribution in [0.15, 0.2) is 23.0 Å². The molecular weight excluding hydrogens is 232 g/mol. The molecule has 1 fully saturated rings. The van der Waals surface area contributed by atoms with E-state index in [9.17, 15) is 9.59 Å². The second kappa shape index (κ2) is 5.82. The zero-order chi connectivity index (χ0) is 13.0. The minimum atomic E-state index is -0.250. The molecule has 0 aromatic carbocycles. The van der Waals surface area contributed by atoms with Gasteiger partial charge < -0.3 is 14.6 Å². The van der Waals surface area contributed by atoms with Gasteiger partial charge in [-0.15, -0.1) is 0 Å². The number of H-pyrrole nitrogens is 1. The molecular formula is C13H18N2O3. The fourth-order valence-electron chi connectivity index (χ4n) is 2.18. The highest BCUT2D eigenvalue weighted by Crippen LogP contribution is 2.16. The van der Waals surface area contributed by atoms with Crippen LogP contribution in [0.1, 0.15) is 23.3 Å². The first-order valence-electron chi connectivity index (χ1n) is 6.19. The number of aromatic nitrogens is 1. The number of rotatable bonds is 3. The first-order valence-corrected chi connectivity index (χ1v) is 6.19. The van der Waals surface area contributed by atoms with Gasteiger partial charge in [-0.1, -0.05) is 6.07 Å². The largest absolute Gasteiger partial charge is 0.381 e. The van der Waals surface area contributed by atoms with E-state index in [-0.39, 0.29) is 11.5 Å². The number of ether oxygens (including phenoxy) is 1. The summed E-state index contributed by atoms with van der Waals surface area (Å²) in [6.45, 7) is 2.25. The van der Waals surface area contributed by atoms with Gasteiger partial charge >= 0.3 is 0 Å². The van der Waals surface area contributed by atoms with Crippen molar-refractivity contribution in [3.8, 4) is 0 Å². The Hall–Kier alpha value is -1.62. The number of hydrogen-bond donors (Lipinski definition) is 1. The minimum Gasteiger partial charge on any atom is -0.381 e. The molecule has 1 aliphatic rings. The summed E-state index contributed by atoms with van der Waals surface area (Å²) in [6.07, 6.45) is 1.98. The summed E-state index contributed by atoms with van der Waals surface area (Å²) in [5.74, 6) is 0.349. The lowest BCUT2D eigenvalue weighted by atomic mass is 10.00. The summed E-state index contributed by atoms with van der Waals surface area (Å²) < 4.78 is 5.29. The molecule has 5 heteroatoms. The van der Waals surface area contributed by atoms with Crippen molar-refractivity contribution in [3.63, 3.8) is 0 Å². The summed E-state index contributed by atoms with van der Waals surface area (Å²) in [5, 5.41) is 0. The normalized spacial score (nSPS) is 16.5. The highest BCUT2D eigenvalue weighted by molar-refractivity contribution is 5.92. The third kappa shape index (κ3) is 3.20. The molecule has 1 saturated heterocycles. The van der Waals surface area contributed by atoms with Gasteiger partial charge in [0.2, 0.25) is 5.56 Å². The summed E-state index contributed by atoms with van der Waals surface area (Å²) in [6, 6.07) is 4.62. The molecule has 2 heterocycles. The van der Waals surface area contributed by atoms with Gasteiger partial charge in [-0.2, -0.15) is 0 Å². The number of nitrogens with one attached hydrogen (secondary N) is 1. The van der Waals surface area contributed by atoms with E-state index in [0.717, 1.165) is 26.1 Å². The van der Waals surface area contributed by atoms with E-state index in [0.29, 0.717) is 18.2 Å². The van der Waals surface area contributed by atoms with Crippen molar-refractivity contribution in [1.82, 2.24) is 9.88 Å². The van der Waals surface area contributed by atoms with Crippen LogP contribution in [-0.4, -0.2) is 42.6 Å². The standard InChI is InChI=1S/C13H18N2O3/c1-15(9-10-5-7-18-8-6-10)13(17)11-3-2-4-12(16)14-11/h2-4,10H,5-9H2,1H3,(H,14,16). The maximum absolute atomic E-state index is 12.1. The van der Waals surface area contributed by atoms with Crippen LogP contribution in [-0.2, 0) is 4.74 Å². The van der Waals surface area contributed by atoms with Crippen molar-refractivity contribution < 1.29 is 9.53 Å². The van der Waals surface area contributed by atoms with Gasteiger partial charge in [0.1, 0.15) is 5.69 Å². The maximum atomic E-state index is 12.1. The molecule has 1 aliphatic heterocycles. The molecule has 0 spiro atoms.